The number of halogens is 1. The van der Waals surface area contributed by atoms with Crippen LogP contribution in [0.1, 0.15) is 36.0 Å². The Morgan fingerprint density at radius 3 is 2.60 bits per heavy atom. The van der Waals surface area contributed by atoms with Crippen molar-refractivity contribution >= 4 is 23.2 Å². The van der Waals surface area contributed by atoms with Crippen LogP contribution in [0.4, 0.5) is 5.69 Å². The first kappa shape index (κ1) is 13.7. The van der Waals surface area contributed by atoms with E-state index in [0.29, 0.717) is 28.7 Å². The van der Waals surface area contributed by atoms with Crippen molar-refractivity contribution in [3.05, 3.63) is 28.8 Å². The second-order valence-corrected chi connectivity index (χ2v) is 6.33. The molecule has 1 aromatic carbocycles. The number of rotatable bonds is 3. The number of amides is 1. The standard InChI is InChI=1S/C15H20ClN3O/c1-19-11-3-4-12(19)7-10(6-11)18-9-2-5-14(16)13(8-9)15(17)20/h2,5,8,10-12,18H,3-4,6-7H2,1H3,(H2,17,20). The summed E-state index contributed by atoms with van der Waals surface area (Å²) in [5.41, 5.74) is 6.64. The zero-order valence-corrected chi connectivity index (χ0v) is 12.4. The fourth-order valence-corrected chi connectivity index (χ4v) is 3.78. The lowest BCUT2D eigenvalue weighted by Crippen LogP contribution is -2.44. The SMILES string of the molecule is CN1C2CCC1CC(Nc1ccc(Cl)c(C(N)=O)c1)C2. The van der Waals surface area contributed by atoms with Crippen LogP contribution in [0, 0.1) is 0 Å². The topological polar surface area (TPSA) is 58.4 Å². The quantitative estimate of drug-likeness (QED) is 0.900. The summed E-state index contributed by atoms with van der Waals surface area (Å²) >= 11 is 5.97. The molecule has 2 bridgehead atoms. The van der Waals surface area contributed by atoms with E-state index in [1.54, 1.807) is 12.1 Å². The first-order chi connectivity index (χ1) is 9.54. The van der Waals surface area contributed by atoms with E-state index >= 15 is 0 Å². The Labute approximate surface area is 124 Å². The molecule has 0 spiro atoms. The van der Waals surface area contributed by atoms with Gasteiger partial charge in [0.1, 0.15) is 0 Å². The zero-order valence-electron chi connectivity index (χ0n) is 11.6. The van der Waals surface area contributed by atoms with Crippen molar-refractivity contribution in [2.45, 2.75) is 43.8 Å². The highest BCUT2D eigenvalue weighted by atomic mass is 35.5. The third kappa shape index (κ3) is 2.50. The third-order valence-electron chi connectivity index (χ3n) is 4.70. The molecular formula is C15H20ClN3O. The molecule has 0 aliphatic carbocycles. The Balaban J connectivity index is 1.73. The normalized spacial score (nSPS) is 29.4. The Morgan fingerprint density at radius 1 is 1.35 bits per heavy atom. The molecule has 0 radical (unpaired) electrons. The number of anilines is 1. The molecule has 2 fully saturated rings. The fourth-order valence-electron chi connectivity index (χ4n) is 3.57. The van der Waals surface area contributed by atoms with Gasteiger partial charge in [0.2, 0.25) is 5.91 Å². The summed E-state index contributed by atoms with van der Waals surface area (Å²) in [7, 11) is 2.23. The molecule has 20 heavy (non-hydrogen) atoms. The Hall–Kier alpha value is -1.26. The number of hydrogen-bond donors (Lipinski definition) is 2. The Bertz CT molecular complexity index is 520. The van der Waals surface area contributed by atoms with Crippen LogP contribution < -0.4 is 11.1 Å². The van der Waals surface area contributed by atoms with Gasteiger partial charge in [-0.1, -0.05) is 11.6 Å². The minimum atomic E-state index is -0.484. The van der Waals surface area contributed by atoms with Gasteiger partial charge in [0, 0.05) is 23.8 Å². The second kappa shape index (κ2) is 5.26. The summed E-state index contributed by atoms with van der Waals surface area (Å²) < 4.78 is 0. The van der Waals surface area contributed by atoms with Crippen LogP contribution in [0.25, 0.3) is 0 Å². The summed E-state index contributed by atoms with van der Waals surface area (Å²) in [6.45, 7) is 0. The highest BCUT2D eigenvalue weighted by Crippen LogP contribution is 2.35. The van der Waals surface area contributed by atoms with Crippen molar-refractivity contribution in [3.8, 4) is 0 Å². The van der Waals surface area contributed by atoms with Gasteiger partial charge in [-0.25, -0.2) is 0 Å². The van der Waals surface area contributed by atoms with Gasteiger partial charge >= 0.3 is 0 Å². The highest BCUT2D eigenvalue weighted by Gasteiger charge is 2.38. The number of nitrogens with two attached hydrogens (primary N) is 1. The summed E-state index contributed by atoms with van der Waals surface area (Å²) in [6, 6.07) is 7.24. The Kier molecular flexibility index (Phi) is 3.61. The molecular weight excluding hydrogens is 274 g/mol. The van der Waals surface area contributed by atoms with Crippen LogP contribution >= 0.6 is 11.6 Å². The number of fused-ring (bicyclic) bond motifs is 2. The Morgan fingerprint density at radius 2 is 2.00 bits per heavy atom. The van der Waals surface area contributed by atoms with E-state index in [9.17, 15) is 4.79 Å². The first-order valence-corrected chi connectivity index (χ1v) is 7.50. The van der Waals surface area contributed by atoms with Crippen LogP contribution in [0.3, 0.4) is 0 Å². The van der Waals surface area contributed by atoms with Gasteiger partial charge in [-0.15, -0.1) is 0 Å². The number of hydrogen-bond acceptors (Lipinski definition) is 3. The molecule has 2 saturated heterocycles. The van der Waals surface area contributed by atoms with E-state index < -0.39 is 5.91 Å². The number of nitrogens with one attached hydrogen (secondary N) is 1. The van der Waals surface area contributed by atoms with Crippen LogP contribution in [0.15, 0.2) is 18.2 Å². The molecule has 2 aliphatic rings. The van der Waals surface area contributed by atoms with Crippen LogP contribution in [-0.2, 0) is 0 Å². The van der Waals surface area contributed by atoms with E-state index in [4.69, 9.17) is 17.3 Å². The maximum Gasteiger partial charge on any atom is 0.250 e. The van der Waals surface area contributed by atoms with Gasteiger partial charge in [0.05, 0.1) is 10.6 Å². The average molecular weight is 294 g/mol. The molecule has 108 valence electrons. The minimum absolute atomic E-state index is 0.382. The number of benzene rings is 1. The summed E-state index contributed by atoms with van der Waals surface area (Å²) in [6.07, 6.45) is 4.90. The molecule has 2 aliphatic heterocycles. The highest BCUT2D eigenvalue weighted by molar-refractivity contribution is 6.33. The van der Waals surface area contributed by atoms with E-state index in [1.807, 2.05) is 6.07 Å². The average Bonchev–Trinajstić information content (AvgIpc) is 2.63. The van der Waals surface area contributed by atoms with E-state index in [-0.39, 0.29) is 0 Å². The number of carbonyl (C=O) groups is 1. The maximum absolute atomic E-state index is 11.3. The molecule has 2 heterocycles. The molecule has 0 saturated carbocycles. The third-order valence-corrected chi connectivity index (χ3v) is 5.03. The van der Waals surface area contributed by atoms with E-state index in [0.717, 1.165) is 18.5 Å². The van der Waals surface area contributed by atoms with Gasteiger partial charge in [0.15, 0.2) is 0 Å². The predicted octanol–water partition coefficient (Wildman–Crippen LogP) is 2.48. The number of carbonyl (C=O) groups excluding carboxylic acids is 1. The van der Waals surface area contributed by atoms with Crippen LogP contribution in [0.5, 0.6) is 0 Å². The largest absolute Gasteiger partial charge is 0.382 e. The lowest BCUT2D eigenvalue weighted by atomic mass is 9.97. The van der Waals surface area contributed by atoms with E-state index in [1.165, 1.54) is 12.8 Å². The predicted molar refractivity (Wildman–Crippen MR) is 81.2 cm³/mol. The van der Waals surface area contributed by atoms with Gasteiger partial charge in [-0.2, -0.15) is 0 Å². The molecule has 3 N–H and O–H groups in total. The summed E-state index contributed by atoms with van der Waals surface area (Å²) in [5.74, 6) is -0.484. The molecule has 2 atom stereocenters. The molecule has 1 aromatic rings. The first-order valence-electron chi connectivity index (χ1n) is 7.12. The van der Waals surface area contributed by atoms with Crippen molar-refractivity contribution in [2.24, 2.45) is 5.73 Å². The smallest absolute Gasteiger partial charge is 0.250 e. The lowest BCUT2D eigenvalue weighted by Gasteiger charge is -2.37. The number of piperidine rings is 1. The summed E-state index contributed by atoms with van der Waals surface area (Å²) in [4.78, 5) is 13.8. The van der Waals surface area contributed by atoms with E-state index in [2.05, 4.69) is 17.3 Å². The van der Waals surface area contributed by atoms with Crippen molar-refractivity contribution in [1.82, 2.24) is 4.90 Å². The minimum Gasteiger partial charge on any atom is -0.382 e. The lowest BCUT2D eigenvalue weighted by molar-refractivity contribution is 0.100. The zero-order chi connectivity index (χ0) is 14.3. The van der Waals surface area contributed by atoms with Crippen molar-refractivity contribution in [3.63, 3.8) is 0 Å². The van der Waals surface area contributed by atoms with Gasteiger partial charge in [0.25, 0.3) is 0 Å². The monoisotopic (exact) mass is 293 g/mol. The summed E-state index contributed by atoms with van der Waals surface area (Å²) in [5, 5.41) is 3.94. The van der Waals surface area contributed by atoms with Gasteiger partial charge in [-0.05, 0) is 50.9 Å². The molecule has 1 amide bonds. The number of nitrogens with zero attached hydrogens (tertiary/aromatic N) is 1. The number of primary amides is 1. The van der Waals surface area contributed by atoms with Crippen LogP contribution in [0.2, 0.25) is 5.02 Å². The molecule has 5 heteroatoms. The van der Waals surface area contributed by atoms with Gasteiger partial charge < -0.3 is 16.0 Å². The molecule has 3 rings (SSSR count). The maximum atomic E-state index is 11.3. The fraction of sp³-hybridized carbons (Fsp3) is 0.533. The molecule has 0 aromatic heterocycles. The second-order valence-electron chi connectivity index (χ2n) is 5.92. The van der Waals surface area contributed by atoms with Crippen molar-refractivity contribution in [1.29, 1.82) is 0 Å². The molecule has 2 unspecified atom stereocenters. The van der Waals surface area contributed by atoms with Crippen molar-refractivity contribution in [2.75, 3.05) is 12.4 Å². The molecule has 4 nitrogen and oxygen atoms in total. The van der Waals surface area contributed by atoms with Crippen molar-refractivity contribution < 1.29 is 4.79 Å². The van der Waals surface area contributed by atoms with Crippen LogP contribution in [-0.4, -0.2) is 36.0 Å². The van der Waals surface area contributed by atoms with Gasteiger partial charge in [-0.3, -0.25) is 4.79 Å².